The van der Waals surface area contributed by atoms with Gasteiger partial charge in [-0.15, -0.1) is 5.10 Å². The average molecular weight is 302 g/mol. The predicted octanol–water partition coefficient (Wildman–Crippen LogP) is 1.50. The fraction of sp³-hybridized carbons (Fsp3) is 0.438. The van der Waals surface area contributed by atoms with Crippen LogP contribution in [0.15, 0.2) is 35.1 Å². The summed E-state index contributed by atoms with van der Waals surface area (Å²) in [7, 11) is 1.50. The largest absolute Gasteiger partial charge is 0.349 e. The molecule has 0 fully saturated rings. The molecule has 1 aromatic carbocycles. The third kappa shape index (κ3) is 3.84. The summed E-state index contributed by atoms with van der Waals surface area (Å²) in [5.74, 6) is -0.309. The molecule has 22 heavy (non-hydrogen) atoms. The summed E-state index contributed by atoms with van der Waals surface area (Å²) in [6.45, 7) is 4.77. The summed E-state index contributed by atoms with van der Waals surface area (Å²) in [6.07, 6.45) is 1.81. The highest BCUT2D eigenvalue weighted by Gasteiger charge is 2.24. The number of rotatable bonds is 6. The summed E-state index contributed by atoms with van der Waals surface area (Å²) in [5, 5.41) is 6.72. The third-order valence-electron chi connectivity index (χ3n) is 3.99. The number of hydrogen-bond donors (Lipinski definition) is 2. The van der Waals surface area contributed by atoms with Crippen LogP contribution in [0.1, 0.15) is 36.5 Å². The minimum Gasteiger partial charge on any atom is -0.349 e. The molecule has 1 heterocycles. The Hall–Kier alpha value is -2.37. The molecule has 2 aromatic rings. The van der Waals surface area contributed by atoms with Crippen molar-refractivity contribution in [2.45, 2.75) is 26.7 Å². The second-order valence-electron chi connectivity index (χ2n) is 5.91. The van der Waals surface area contributed by atoms with Gasteiger partial charge in [-0.2, -0.15) is 0 Å². The molecule has 1 atom stereocenters. The fourth-order valence-electron chi connectivity index (χ4n) is 2.28. The van der Waals surface area contributed by atoms with Gasteiger partial charge in [-0.25, -0.2) is 9.48 Å². The van der Waals surface area contributed by atoms with Crippen molar-refractivity contribution < 1.29 is 4.79 Å². The van der Waals surface area contributed by atoms with Gasteiger partial charge in [0.1, 0.15) is 0 Å². The van der Waals surface area contributed by atoms with E-state index in [4.69, 9.17) is 0 Å². The van der Waals surface area contributed by atoms with E-state index in [-0.39, 0.29) is 17.1 Å². The van der Waals surface area contributed by atoms with Gasteiger partial charge in [-0.3, -0.25) is 9.78 Å². The molecular formula is C16H22N4O2. The van der Waals surface area contributed by atoms with Crippen LogP contribution in [-0.2, 0) is 13.5 Å². The monoisotopic (exact) mass is 302 g/mol. The molecule has 1 unspecified atom stereocenters. The second kappa shape index (κ2) is 6.60. The quantitative estimate of drug-likeness (QED) is 0.848. The highest BCUT2D eigenvalue weighted by Crippen LogP contribution is 2.25. The molecule has 0 spiro atoms. The van der Waals surface area contributed by atoms with E-state index >= 15 is 0 Å². The Labute approximate surface area is 129 Å². The van der Waals surface area contributed by atoms with E-state index in [2.05, 4.69) is 41.4 Å². The number of H-pyrrole nitrogens is 1. The van der Waals surface area contributed by atoms with E-state index in [9.17, 15) is 9.59 Å². The normalized spacial score (nSPS) is 13.6. The maximum Gasteiger partial charge on any atom is 0.343 e. The molecule has 6 nitrogen and oxygen atoms in total. The van der Waals surface area contributed by atoms with Crippen molar-refractivity contribution in [3.8, 4) is 0 Å². The minimum atomic E-state index is -0.396. The summed E-state index contributed by atoms with van der Waals surface area (Å²) in [4.78, 5) is 25.8. The first kappa shape index (κ1) is 16.0. The van der Waals surface area contributed by atoms with Crippen LogP contribution in [0.3, 0.4) is 0 Å². The highest BCUT2D eigenvalue weighted by atomic mass is 16.2. The molecule has 0 radical (unpaired) electrons. The standard InChI is InChI=1S/C16H22N4O2/c1-4-16(2,10-12-8-6-5-7-9-12)11-17-14(21)13-18-15(22)20(3)19-13/h5-9H,4,10-11H2,1-3H3,(H,17,21)(H,18,19,22). The van der Waals surface area contributed by atoms with Gasteiger partial charge < -0.3 is 5.32 Å². The summed E-state index contributed by atoms with van der Waals surface area (Å²) in [6, 6.07) is 10.2. The molecule has 6 heteroatoms. The van der Waals surface area contributed by atoms with Crippen LogP contribution in [0.2, 0.25) is 0 Å². The Balaban J connectivity index is 2.00. The van der Waals surface area contributed by atoms with Gasteiger partial charge in [0.2, 0.25) is 5.82 Å². The van der Waals surface area contributed by atoms with Crippen LogP contribution in [0.4, 0.5) is 0 Å². The van der Waals surface area contributed by atoms with Gasteiger partial charge in [-0.1, -0.05) is 44.2 Å². The number of amides is 1. The third-order valence-corrected chi connectivity index (χ3v) is 3.99. The van der Waals surface area contributed by atoms with Crippen LogP contribution in [0.25, 0.3) is 0 Å². The molecule has 0 aliphatic rings. The van der Waals surface area contributed by atoms with E-state index < -0.39 is 5.69 Å². The molecule has 1 aromatic heterocycles. The van der Waals surface area contributed by atoms with Crippen molar-refractivity contribution >= 4 is 5.91 Å². The number of carbonyl (C=O) groups excluding carboxylic acids is 1. The molecule has 0 saturated heterocycles. The van der Waals surface area contributed by atoms with E-state index in [1.54, 1.807) is 0 Å². The fourth-order valence-corrected chi connectivity index (χ4v) is 2.28. The van der Waals surface area contributed by atoms with Crippen molar-refractivity contribution in [2.24, 2.45) is 12.5 Å². The van der Waals surface area contributed by atoms with E-state index in [1.165, 1.54) is 12.6 Å². The number of aryl methyl sites for hydroxylation is 1. The lowest BCUT2D eigenvalue weighted by atomic mass is 9.81. The number of aromatic amines is 1. The van der Waals surface area contributed by atoms with Crippen LogP contribution >= 0.6 is 0 Å². The number of carbonyl (C=O) groups is 1. The Bertz CT molecular complexity index is 690. The zero-order valence-electron chi connectivity index (χ0n) is 13.2. The van der Waals surface area contributed by atoms with Crippen molar-refractivity contribution in [3.05, 3.63) is 52.2 Å². The Morgan fingerprint density at radius 2 is 2.05 bits per heavy atom. The molecule has 1 amide bonds. The molecule has 118 valence electrons. The number of aromatic nitrogens is 3. The number of hydrogen-bond acceptors (Lipinski definition) is 3. The first-order valence-corrected chi connectivity index (χ1v) is 7.39. The zero-order valence-corrected chi connectivity index (χ0v) is 13.2. The Morgan fingerprint density at radius 1 is 1.36 bits per heavy atom. The van der Waals surface area contributed by atoms with Crippen LogP contribution < -0.4 is 11.0 Å². The lowest BCUT2D eigenvalue weighted by Gasteiger charge is -2.28. The lowest BCUT2D eigenvalue weighted by Crippen LogP contribution is -2.37. The number of nitrogens with one attached hydrogen (secondary N) is 2. The van der Waals surface area contributed by atoms with Gasteiger partial charge in [0.25, 0.3) is 5.91 Å². The molecule has 0 aliphatic heterocycles. The topological polar surface area (TPSA) is 79.8 Å². The maximum absolute atomic E-state index is 12.1. The Kier molecular flexibility index (Phi) is 4.80. The molecule has 2 rings (SSSR count). The number of benzene rings is 1. The Morgan fingerprint density at radius 3 is 2.59 bits per heavy atom. The molecular weight excluding hydrogens is 280 g/mol. The molecule has 0 bridgehead atoms. The van der Waals surface area contributed by atoms with Crippen LogP contribution in [0, 0.1) is 5.41 Å². The van der Waals surface area contributed by atoms with Gasteiger partial charge in [-0.05, 0) is 23.8 Å². The van der Waals surface area contributed by atoms with Gasteiger partial charge in [0, 0.05) is 13.6 Å². The minimum absolute atomic E-state index is 0.0469. The molecule has 0 saturated carbocycles. The van der Waals surface area contributed by atoms with Gasteiger partial charge in [0.15, 0.2) is 0 Å². The van der Waals surface area contributed by atoms with Crippen LogP contribution in [0.5, 0.6) is 0 Å². The first-order valence-electron chi connectivity index (χ1n) is 7.39. The van der Waals surface area contributed by atoms with Crippen molar-refractivity contribution in [1.29, 1.82) is 0 Å². The molecule has 2 N–H and O–H groups in total. The van der Waals surface area contributed by atoms with E-state index in [1.807, 2.05) is 18.2 Å². The smallest absolute Gasteiger partial charge is 0.343 e. The lowest BCUT2D eigenvalue weighted by molar-refractivity contribution is 0.0921. The summed E-state index contributed by atoms with van der Waals surface area (Å²) in [5.41, 5.74) is 0.798. The number of nitrogens with zero attached hydrogens (tertiary/aromatic N) is 2. The summed E-state index contributed by atoms with van der Waals surface area (Å²) < 4.78 is 1.11. The predicted molar refractivity (Wildman–Crippen MR) is 84.7 cm³/mol. The summed E-state index contributed by atoms with van der Waals surface area (Å²) >= 11 is 0. The first-order chi connectivity index (χ1) is 10.4. The highest BCUT2D eigenvalue weighted by molar-refractivity contribution is 5.90. The maximum atomic E-state index is 12.1. The average Bonchev–Trinajstić information content (AvgIpc) is 2.85. The van der Waals surface area contributed by atoms with Crippen molar-refractivity contribution in [1.82, 2.24) is 20.1 Å². The van der Waals surface area contributed by atoms with Gasteiger partial charge >= 0.3 is 5.69 Å². The van der Waals surface area contributed by atoms with Gasteiger partial charge in [0.05, 0.1) is 0 Å². The SMILES string of the molecule is CCC(C)(CNC(=O)c1nn(C)c(=O)[nH]1)Cc1ccccc1. The van der Waals surface area contributed by atoms with Crippen molar-refractivity contribution in [2.75, 3.05) is 6.54 Å². The molecule has 0 aliphatic carbocycles. The van der Waals surface area contributed by atoms with Crippen molar-refractivity contribution in [3.63, 3.8) is 0 Å². The second-order valence-corrected chi connectivity index (χ2v) is 5.91. The van der Waals surface area contributed by atoms with Crippen LogP contribution in [-0.4, -0.2) is 27.2 Å². The zero-order chi connectivity index (χ0) is 16.2. The van der Waals surface area contributed by atoms with E-state index in [0.29, 0.717) is 6.54 Å². The van der Waals surface area contributed by atoms with E-state index in [0.717, 1.165) is 17.5 Å².